The van der Waals surface area contributed by atoms with Gasteiger partial charge in [-0.1, -0.05) is 6.07 Å². The standard InChI is InChI=1S/C16H20N2O2/c1-16(2)11-18(7-8-20-16)15-6-4-13-9-12(10-19)3-5-14(13)17-15/h3-6,9,19H,7-8,10-11H2,1-2H3. The minimum absolute atomic E-state index is 0.0648. The lowest BCUT2D eigenvalue weighted by molar-refractivity contribution is -0.0278. The molecule has 2 aromatic rings. The van der Waals surface area contributed by atoms with Crippen molar-refractivity contribution >= 4 is 16.7 Å². The molecule has 0 bridgehead atoms. The summed E-state index contributed by atoms with van der Waals surface area (Å²) in [5.41, 5.74) is 1.75. The van der Waals surface area contributed by atoms with E-state index in [1.807, 2.05) is 24.3 Å². The normalized spacial score (nSPS) is 18.4. The molecule has 0 aliphatic carbocycles. The minimum atomic E-state index is -0.129. The first-order valence-corrected chi connectivity index (χ1v) is 6.97. The van der Waals surface area contributed by atoms with Crippen LogP contribution in [0.3, 0.4) is 0 Å². The van der Waals surface area contributed by atoms with Crippen LogP contribution < -0.4 is 4.90 Å². The molecule has 20 heavy (non-hydrogen) atoms. The molecular formula is C16H20N2O2. The number of benzene rings is 1. The second-order valence-electron chi connectivity index (χ2n) is 5.88. The Balaban J connectivity index is 1.92. The van der Waals surface area contributed by atoms with Crippen LogP contribution in [0.25, 0.3) is 10.9 Å². The van der Waals surface area contributed by atoms with Gasteiger partial charge in [-0.25, -0.2) is 4.98 Å². The SMILES string of the molecule is CC1(C)CN(c2ccc3cc(CO)ccc3n2)CCO1. The van der Waals surface area contributed by atoms with Crippen LogP contribution in [0.5, 0.6) is 0 Å². The van der Waals surface area contributed by atoms with E-state index in [9.17, 15) is 5.11 Å². The number of morpholine rings is 1. The molecule has 0 saturated carbocycles. The predicted molar refractivity (Wildman–Crippen MR) is 79.9 cm³/mol. The van der Waals surface area contributed by atoms with Crippen molar-refractivity contribution in [3.05, 3.63) is 35.9 Å². The first-order valence-electron chi connectivity index (χ1n) is 6.97. The molecule has 1 aromatic carbocycles. The Morgan fingerprint density at radius 1 is 1.30 bits per heavy atom. The van der Waals surface area contributed by atoms with Crippen LogP contribution in [0.2, 0.25) is 0 Å². The highest BCUT2D eigenvalue weighted by Crippen LogP contribution is 2.24. The fourth-order valence-electron chi connectivity index (χ4n) is 2.65. The lowest BCUT2D eigenvalue weighted by Gasteiger charge is -2.38. The maximum atomic E-state index is 9.17. The van der Waals surface area contributed by atoms with Crippen molar-refractivity contribution in [2.75, 3.05) is 24.6 Å². The minimum Gasteiger partial charge on any atom is -0.392 e. The van der Waals surface area contributed by atoms with E-state index in [1.54, 1.807) is 0 Å². The van der Waals surface area contributed by atoms with Gasteiger partial charge in [-0.05, 0) is 43.7 Å². The van der Waals surface area contributed by atoms with Crippen molar-refractivity contribution in [2.24, 2.45) is 0 Å². The molecular weight excluding hydrogens is 252 g/mol. The van der Waals surface area contributed by atoms with Crippen LogP contribution in [-0.4, -0.2) is 35.4 Å². The number of pyridine rings is 1. The number of nitrogens with zero attached hydrogens (tertiary/aromatic N) is 2. The molecule has 2 heterocycles. The summed E-state index contributed by atoms with van der Waals surface area (Å²) >= 11 is 0. The fraction of sp³-hybridized carbons (Fsp3) is 0.438. The number of anilines is 1. The summed E-state index contributed by atoms with van der Waals surface area (Å²) in [6.45, 7) is 6.73. The summed E-state index contributed by atoms with van der Waals surface area (Å²) in [5.74, 6) is 0.991. The number of aliphatic hydroxyl groups excluding tert-OH is 1. The third kappa shape index (κ3) is 2.62. The van der Waals surface area contributed by atoms with Crippen molar-refractivity contribution in [3.8, 4) is 0 Å². The maximum Gasteiger partial charge on any atom is 0.129 e. The number of aliphatic hydroxyl groups is 1. The number of aromatic nitrogens is 1. The summed E-state index contributed by atoms with van der Waals surface area (Å²) in [4.78, 5) is 7.00. The van der Waals surface area contributed by atoms with Gasteiger partial charge in [-0.3, -0.25) is 0 Å². The van der Waals surface area contributed by atoms with E-state index in [-0.39, 0.29) is 12.2 Å². The number of ether oxygens (including phenoxy) is 1. The highest BCUT2D eigenvalue weighted by molar-refractivity contribution is 5.81. The van der Waals surface area contributed by atoms with E-state index in [1.165, 1.54) is 0 Å². The third-order valence-corrected chi connectivity index (χ3v) is 3.67. The van der Waals surface area contributed by atoms with Crippen LogP contribution >= 0.6 is 0 Å². The second kappa shape index (κ2) is 5.04. The van der Waals surface area contributed by atoms with Crippen molar-refractivity contribution < 1.29 is 9.84 Å². The van der Waals surface area contributed by atoms with Crippen LogP contribution in [-0.2, 0) is 11.3 Å². The molecule has 4 nitrogen and oxygen atoms in total. The molecule has 0 atom stereocenters. The molecule has 1 fully saturated rings. The Labute approximate surface area is 119 Å². The van der Waals surface area contributed by atoms with Crippen molar-refractivity contribution in [1.29, 1.82) is 0 Å². The summed E-state index contributed by atoms with van der Waals surface area (Å²) in [5, 5.41) is 10.2. The summed E-state index contributed by atoms with van der Waals surface area (Å²) in [6.07, 6.45) is 0. The van der Waals surface area contributed by atoms with Crippen LogP contribution in [0, 0.1) is 0 Å². The van der Waals surface area contributed by atoms with Crippen LogP contribution in [0.15, 0.2) is 30.3 Å². The molecule has 0 radical (unpaired) electrons. The molecule has 1 aliphatic heterocycles. The van der Waals surface area contributed by atoms with E-state index in [0.717, 1.165) is 42.0 Å². The molecule has 0 unspecified atom stereocenters. The van der Waals surface area contributed by atoms with Gasteiger partial charge in [0.25, 0.3) is 0 Å². The Morgan fingerprint density at radius 2 is 2.15 bits per heavy atom. The van der Waals surface area contributed by atoms with E-state index in [2.05, 4.69) is 24.8 Å². The van der Waals surface area contributed by atoms with Crippen LogP contribution in [0.4, 0.5) is 5.82 Å². The fourth-order valence-corrected chi connectivity index (χ4v) is 2.65. The van der Waals surface area contributed by atoms with Crippen LogP contribution in [0.1, 0.15) is 19.4 Å². The monoisotopic (exact) mass is 272 g/mol. The Hall–Kier alpha value is -1.65. The first-order chi connectivity index (χ1) is 9.57. The van der Waals surface area contributed by atoms with E-state index in [4.69, 9.17) is 9.72 Å². The first kappa shape index (κ1) is 13.3. The summed E-state index contributed by atoms with van der Waals surface area (Å²) in [6, 6.07) is 9.98. The summed E-state index contributed by atoms with van der Waals surface area (Å²) in [7, 11) is 0. The van der Waals surface area contributed by atoms with Gasteiger partial charge in [0.1, 0.15) is 5.82 Å². The van der Waals surface area contributed by atoms with Gasteiger partial charge in [0.2, 0.25) is 0 Å². The Bertz CT molecular complexity index is 625. The molecule has 1 N–H and O–H groups in total. The number of hydrogen-bond acceptors (Lipinski definition) is 4. The largest absolute Gasteiger partial charge is 0.392 e. The molecule has 1 aromatic heterocycles. The highest BCUT2D eigenvalue weighted by atomic mass is 16.5. The molecule has 4 heteroatoms. The zero-order chi connectivity index (χ0) is 14.2. The van der Waals surface area contributed by atoms with Gasteiger partial charge in [0, 0.05) is 18.5 Å². The van der Waals surface area contributed by atoms with Gasteiger partial charge in [0.05, 0.1) is 24.3 Å². The highest BCUT2D eigenvalue weighted by Gasteiger charge is 2.27. The molecule has 1 aliphatic rings. The number of fused-ring (bicyclic) bond motifs is 1. The van der Waals surface area contributed by atoms with E-state index in [0.29, 0.717) is 0 Å². The van der Waals surface area contributed by atoms with E-state index < -0.39 is 0 Å². The van der Waals surface area contributed by atoms with E-state index >= 15 is 0 Å². The Kier molecular flexibility index (Phi) is 3.36. The maximum absolute atomic E-state index is 9.17. The van der Waals surface area contributed by atoms with Gasteiger partial charge < -0.3 is 14.7 Å². The lowest BCUT2D eigenvalue weighted by atomic mass is 10.1. The summed E-state index contributed by atoms with van der Waals surface area (Å²) < 4.78 is 5.74. The van der Waals surface area contributed by atoms with Gasteiger partial charge in [-0.2, -0.15) is 0 Å². The van der Waals surface area contributed by atoms with Crippen molar-refractivity contribution in [2.45, 2.75) is 26.1 Å². The van der Waals surface area contributed by atoms with Gasteiger partial charge in [0.15, 0.2) is 0 Å². The molecule has 1 saturated heterocycles. The number of rotatable bonds is 2. The Morgan fingerprint density at radius 3 is 2.90 bits per heavy atom. The molecule has 0 amide bonds. The van der Waals surface area contributed by atoms with Gasteiger partial charge in [-0.15, -0.1) is 0 Å². The lowest BCUT2D eigenvalue weighted by Crippen LogP contribution is -2.48. The average molecular weight is 272 g/mol. The van der Waals surface area contributed by atoms with Crippen molar-refractivity contribution in [1.82, 2.24) is 4.98 Å². The second-order valence-corrected chi connectivity index (χ2v) is 5.88. The zero-order valence-electron chi connectivity index (χ0n) is 12.0. The smallest absolute Gasteiger partial charge is 0.129 e. The molecule has 0 spiro atoms. The quantitative estimate of drug-likeness (QED) is 0.911. The predicted octanol–water partition coefficient (Wildman–Crippen LogP) is 2.34. The third-order valence-electron chi connectivity index (χ3n) is 3.67. The average Bonchev–Trinajstić information content (AvgIpc) is 2.45. The molecule has 3 rings (SSSR count). The number of hydrogen-bond donors (Lipinski definition) is 1. The topological polar surface area (TPSA) is 45.6 Å². The van der Waals surface area contributed by atoms with Crippen molar-refractivity contribution in [3.63, 3.8) is 0 Å². The van der Waals surface area contributed by atoms with Gasteiger partial charge >= 0.3 is 0 Å². The zero-order valence-corrected chi connectivity index (χ0v) is 12.0. The molecule has 106 valence electrons.